The molecule has 2 saturated heterocycles. The van der Waals surface area contributed by atoms with Crippen molar-refractivity contribution < 1.29 is 24.4 Å². The standard InChI is InChI=1S/C13H16O5/c14-9-6-16-10-7-17-13(18-12(10)11(9)15)8-4-2-1-3-5-8/h1-5,9-15H,6-7H2/t9-,10+,11+,12+,13+/m0/s1. The molecule has 1 aromatic carbocycles. The highest BCUT2D eigenvalue weighted by molar-refractivity contribution is 5.16. The molecule has 98 valence electrons. The van der Waals surface area contributed by atoms with Crippen LogP contribution >= 0.6 is 0 Å². The van der Waals surface area contributed by atoms with Crippen molar-refractivity contribution >= 4 is 0 Å². The Morgan fingerprint density at radius 2 is 1.78 bits per heavy atom. The molecule has 0 radical (unpaired) electrons. The fourth-order valence-corrected chi connectivity index (χ4v) is 2.31. The Bertz CT molecular complexity index is 394. The van der Waals surface area contributed by atoms with E-state index in [1.165, 1.54) is 0 Å². The second-order valence-corrected chi connectivity index (χ2v) is 4.61. The van der Waals surface area contributed by atoms with Crippen LogP contribution in [0.15, 0.2) is 30.3 Å². The quantitative estimate of drug-likeness (QED) is 0.748. The normalized spacial score (nSPS) is 40.2. The van der Waals surface area contributed by atoms with Crippen molar-refractivity contribution in [1.29, 1.82) is 0 Å². The SMILES string of the molecule is O[C@H]1[C@@H]2O[C@H](c3ccccc3)OC[C@H]2OC[C@@H]1O. The number of aliphatic hydroxyl groups is 2. The molecule has 0 aliphatic carbocycles. The molecule has 5 atom stereocenters. The van der Waals surface area contributed by atoms with Crippen molar-refractivity contribution in [3.8, 4) is 0 Å². The lowest BCUT2D eigenvalue weighted by Crippen LogP contribution is -2.58. The van der Waals surface area contributed by atoms with Crippen LogP contribution in [0.3, 0.4) is 0 Å². The van der Waals surface area contributed by atoms with Gasteiger partial charge < -0.3 is 24.4 Å². The summed E-state index contributed by atoms with van der Waals surface area (Å²) >= 11 is 0. The Morgan fingerprint density at radius 1 is 1.00 bits per heavy atom. The highest BCUT2D eigenvalue weighted by Gasteiger charge is 2.44. The van der Waals surface area contributed by atoms with Crippen LogP contribution in [0.25, 0.3) is 0 Å². The minimum atomic E-state index is -0.932. The van der Waals surface area contributed by atoms with E-state index in [0.29, 0.717) is 6.61 Å². The van der Waals surface area contributed by atoms with Gasteiger partial charge in [0.15, 0.2) is 6.29 Å². The molecule has 0 amide bonds. The predicted octanol–water partition coefficient (Wildman–Crippen LogP) is 0.221. The Balaban J connectivity index is 1.75. The highest BCUT2D eigenvalue weighted by Crippen LogP contribution is 2.31. The van der Waals surface area contributed by atoms with Crippen molar-refractivity contribution in [2.24, 2.45) is 0 Å². The molecule has 5 nitrogen and oxygen atoms in total. The van der Waals surface area contributed by atoms with Crippen LogP contribution < -0.4 is 0 Å². The van der Waals surface area contributed by atoms with E-state index in [-0.39, 0.29) is 12.7 Å². The number of hydrogen-bond donors (Lipinski definition) is 2. The average molecular weight is 252 g/mol. The summed E-state index contributed by atoms with van der Waals surface area (Å²) in [5.74, 6) is 0. The first kappa shape index (κ1) is 12.1. The van der Waals surface area contributed by atoms with Crippen LogP contribution in [-0.2, 0) is 14.2 Å². The summed E-state index contributed by atoms with van der Waals surface area (Å²) in [5.41, 5.74) is 0.892. The van der Waals surface area contributed by atoms with E-state index < -0.39 is 24.6 Å². The lowest BCUT2D eigenvalue weighted by atomic mass is 9.99. The second-order valence-electron chi connectivity index (χ2n) is 4.61. The Labute approximate surface area is 105 Å². The molecule has 2 fully saturated rings. The van der Waals surface area contributed by atoms with Gasteiger partial charge in [0.1, 0.15) is 24.4 Å². The number of ether oxygens (including phenoxy) is 3. The summed E-state index contributed by atoms with van der Waals surface area (Å²) in [7, 11) is 0. The van der Waals surface area contributed by atoms with Crippen LogP contribution in [0.5, 0.6) is 0 Å². The van der Waals surface area contributed by atoms with E-state index in [1.54, 1.807) is 0 Å². The molecule has 2 aliphatic heterocycles. The van der Waals surface area contributed by atoms with Crippen molar-refractivity contribution in [3.05, 3.63) is 35.9 Å². The van der Waals surface area contributed by atoms with E-state index in [0.717, 1.165) is 5.56 Å². The van der Waals surface area contributed by atoms with Gasteiger partial charge in [-0.3, -0.25) is 0 Å². The van der Waals surface area contributed by atoms with E-state index in [4.69, 9.17) is 14.2 Å². The average Bonchev–Trinajstić information content (AvgIpc) is 2.44. The summed E-state index contributed by atoms with van der Waals surface area (Å²) in [6.45, 7) is 0.471. The third-order valence-electron chi connectivity index (χ3n) is 3.34. The monoisotopic (exact) mass is 252 g/mol. The van der Waals surface area contributed by atoms with Gasteiger partial charge in [-0.05, 0) is 0 Å². The third kappa shape index (κ3) is 2.15. The van der Waals surface area contributed by atoms with Gasteiger partial charge in [0.05, 0.1) is 13.2 Å². The number of benzene rings is 1. The Hall–Kier alpha value is -0.980. The fraction of sp³-hybridized carbons (Fsp3) is 0.538. The molecule has 0 unspecified atom stereocenters. The summed E-state index contributed by atoms with van der Waals surface area (Å²) in [5, 5.41) is 19.5. The van der Waals surface area contributed by atoms with E-state index in [1.807, 2.05) is 30.3 Å². The molecule has 0 saturated carbocycles. The molecule has 0 aromatic heterocycles. The number of hydrogen-bond acceptors (Lipinski definition) is 5. The van der Waals surface area contributed by atoms with Gasteiger partial charge in [0.2, 0.25) is 0 Å². The van der Waals surface area contributed by atoms with Gasteiger partial charge in [-0.1, -0.05) is 30.3 Å². The van der Waals surface area contributed by atoms with Gasteiger partial charge in [-0.25, -0.2) is 0 Å². The minimum Gasteiger partial charge on any atom is -0.388 e. The van der Waals surface area contributed by atoms with Gasteiger partial charge in [-0.2, -0.15) is 0 Å². The first-order valence-electron chi connectivity index (χ1n) is 6.05. The molecule has 2 N–H and O–H groups in total. The smallest absolute Gasteiger partial charge is 0.184 e. The van der Waals surface area contributed by atoms with Crippen molar-refractivity contribution in [2.45, 2.75) is 30.7 Å². The highest BCUT2D eigenvalue weighted by atomic mass is 16.7. The maximum atomic E-state index is 9.93. The summed E-state index contributed by atoms with van der Waals surface area (Å²) in [6, 6.07) is 9.51. The number of fused-ring (bicyclic) bond motifs is 1. The van der Waals surface area contributed by atoms with Gasteiger partial charge in [0, 0.05) is 5.56 Å². The molecule has 5 heteroatoms. The maximum Gasteiger partial charge on any atom is 0.184 e. The summed E-state index contributed by atoms with van der Waals surface area (Å²) < 4.78 is 16.7. The molecule has 2 aliphatic rings. The molecule has 1 aromatic rings. The molecule has 18 heavy (non-hydrogen) atoms. The molecule has 0 bridgehead atoms. The van der Waals surface area contributed by atoms with Gasteiger partial charge in [0.25, 0.3) is 0 Å². The first-order chi connectivity index (χ1) is 8.75. The van der Waals surface area contributed by atoms with Crippen LogP contribution in [0, 0.1) is 0 Å². The third-order valence-corrected chi connectivity index (χ3v) is 3.34. The molecular weight excluding hydrogens is 236 g/mol. The molecule has 3 rings (SSSR count). The Kier molecular flexibility index (Phi) is 3.32. The molecule has 2 heterocycles. The van der Waals surface area contributed by atoms with Crippen LogP contribution in [0.1, 0.15) is 11.9 Å². The van der Waals surface area contributed by atoms with Gasteiger partial charge in [-0.15, -0.1) is 0 Å². The van der Waals surface area contributed by atoms with Crippen LogP contribution in [-0.4, -0.2) is 47.8 Å². The van der Waals surface area contributed by atoms with Gasteiger partial charge >= 0.3 is 0 Å². The number of rotatable bonds is 1. The largest absolute Gasteiger partial charge is 0.388 e. The first-order valence-corrected chi connectivity index (χ1v) is 6.05. The van der Waals surface area contributed by atoms with Crippen molar-refractivity contribution in [2.75, 3.05) is 13.2 Å². The molecular formula is C13H16O5. The lowest BCUT2D eigenvalue weighted by Gasteiger charge is -2.43. The number of aliphatic hydroxyl groups excluding tert-OH is 2. The zero-order chi connectivity index (χ0) is 12.5. The van der Waals surface area contributed by atoms with Crippen molar-refractivity contribution in [3.63, 3.8) is 0 Å². The zero-order valence-corrected chi connectivity index (χ0v) is 9.81. The molecule has 0 spiro atoms. The van der Waals surface area contributed by atoms with Crippen LogP contribution in [0.4, 0.5) is 0 Å². The summed E-state index contributed by atoms with van der Waals surface area (Å²) in [4.78, 5) is 0. The van der Waals surface area contributed by atoms with Crippen LogP contribution in [0.2, 0.25) is 0 Å². The zero-order valence-electron chi connectivity index (χ0n) is 9.81. The maximum absolute atomic E-state index is 9.93. The van der Waals surface area contributed by atoms with E-state index in [2.05, 4.69) is 0 Å². The van der Waals surface area contributed by atoms with E-state index >= 15 is 0 Å². The van der Waals surface area contributed by atoms with E-state index in [9.17, 15) is 10.2 Å². The minimum absolute atomic E-state index is 0.116. The second kappa shape index (κ2) is 4.95. The van der Waals surface area contributed by atoms with Crippen molar-refractivity contribution in [1.82, 2.24) is 0 Å². The lowest BCUT2D eigenvalue weighted by molar-refractivity contribution is -0.314. The predicted molar refractivity (Wildman–Crippen MR) is 61.8 cm³/mol. The fourth-order valence-electron chi connectivity index (χ4n) is 2.31. The Morgan fingerprint density at radius 3 is 2.56 bits per heavy atom. The summed E-state index contributed by atoms with van der Waals surface area (Å²) in [6.07, 6.45) is -3.22. The topological polar surface area (TPSA) is 68.2 Å².